The average molecular weight is 459 g/mol. The van der Waals surface area contributed by atoms with Crippen LogP contribution >= 0.6 is 0 Å². The third-order valence-electron chi connectivity index (χ3n) is 5.23. The fraction of sp³-hybridized carbons (Fsp3) is 0.737. The van der Waals surface area contributed by atoms with Crippen LogP contribution in [0.3, 0.4) is 0 Å². The number of aliphatic hydroxyl groups is 1. The van der Waals surface area contributed by atoms with Crippen LogP contribution in [-0.2, 0) is 24.0 Å². The highest BCUT2D eigenvalue weighted by atomic mass is 16.4. The molecule has 182 valence electrons. The van der Waals surface area contributed by atoms with Crippen LogP contribution in [0.4, 0.5) is 0 Å². The first kappa shape index (κ1) is 27.3. The lowest BCUT2D eigenvalue weighted by molar-refractivity contribution is -0.144. The summed E-state index contributed by atoms with van der Waals surface area (Å²) >= 11 is 0. The molecule has 0 spiro atoms. The van der Waals surface area contributed by atoms with Crippen molar-refractivity contribution in [2.45, 2.75) is 69.1 Å². The summed E-state index contributed by atoms with van der Waals surface area (Å²) in [6.07, 6.45) is 2.36. The van der Waals surface area contributed by atoms with Crippen molar-refractivity contribution in [2.75, 3.05) is 19.7 Å². The number of carboxylic acid groups (broad SMARTS) is 1. The molecule has 1 heterocycles. The van der Waals surface area contributed by atoms with Crippen molar-refractivity contribution in [3.05, 3.63) is 0 Å². The standard InChI is InChI=1S/C19H34N6O7/c20-8-2-1-4-11(21)18(30)25-9-3-5-14(25)17(29)23-12(6-7-15(22)27)16(28)24-13(10-26)19(31)32/h11-14,26H,1-10,20-21H2,(H2,22,27)(H,23,29)(H,24,28)(H,31,32). The Kier molecular flexibility index (Phi) is 11.6. The number of carbonyl (C=O) groups is 5. The molecule has 0 aromatic heterocycles. The van der Waals surface area contributed by atoms with Crippen LogP contribution in [0.25, 0.3) is 0 Å². The molecule has 10 N–H and O–H groups in total. The predicted octanol–water partition coefficient (Wildman–Crippen LogP) is -3.25. The van der Waals surface area contributed by atoms with Gasteiger partial charge in [-0.1, -0.05) is 6.42 Å². The molecule has 0 saturated carbocycles. The molecule has 13 heteroatoms. The van der Waals surface area contributed by atoms with Crippen molar-refractivity contribution in [3.63, 3.8) is 0 Å². The molecular formula is C19H34N6O7. The Bertz CT molecular complexity index is 689. The summed E-state index contributed by atoms with van der Waals surface area (Å²) in [5.74, 6) is -4.06. The molecule has 1 aliphatic heterocycles. The molecule has 4 amide bonds. The lowest BCUT2D eigenvalue weighted by Crippen LogP contribution is -2.57. The van der Waals surface area contributed by atoms with Gasteiger partial charge in [-0.3, -0.25) is 19.2 Å². The van der Waals surface area contributed by atoms with Crippen molar-refractivity contribution in [1.29, 1.82) is 0 Å². The zero-order valence-corrected chi connectivity index (χ0v) is 18.0. The molecule has 0 radical (unpaired) electrons. The number of hydrogen-bond acceptors (Lipinski definition) is 8. The van der Waals surface area contributed by atoms with Crippen LogP contribution in [-0.4, -0.2) is 88.6 Å². The van der Waals surface area contributed by atoms with Crippen molar-refractivity contribution < 1.29 is 34.2 Å². The SMILES string of the molecule is NCCCCC(N)C(=O)N1CCCC1C(=O)NC(CCC(N)=O)C(=O)NC(CO)C(=O)O. The number of likely N-dealkylation sites (tertiary alicyclic amines) is 1. The monoisotopic (exact) mass is 458 g/mol. The molecule has 1 rings (SSSR count). The minimum atomic E-state index is -1.58. The maximum absolute atomic E-state index is 12.9. The van der Waals surface area contributed by atoms with E-state index in [1.54, 1.807) is 0 Å². The van der Waals surface area contributed by atoms with Gasteiger partial charge in [0.1, 0.15) is 18.1 Å². The number of rotatable bonds is 14. The number of aliphatic hydroxyl groups excluding tert-OH is 1. The normalized spacial score (nSPS) is 18.5. The van der Waals surface area contributed by atoms with Gasteiger partial charge in [-0.15, -0.1) is 0 Å². The van der Waals surface area contributed by atoms with Crippen molar-refractivity contribution >= 4 is 29.6 Å². The molecule has 13 nitrogen and oxygen atoms in total. The van der Waals surface area contributed by atoms with E-state index in [1.165, 1.54) is 4.90 Å². The van der Waals surface area contributed by atoms with E-state index in [-0.39, 0.29) is 18.7 Å². The highest BCUT2D eigenvalue weighted by Gasteiger charge is 2.37. The number of nitrogens with two attached hydrogens (primary N) is 3. The summed E-state index contributed by atoms with van der Waals surface area (Å²) < 4.78 is 0. The Balaban J connectivity index is 2.85. The lowest BCUT2D eigenvalue weighted by atomic mass is 10.1. The van der Waals surface area contributed by atoms with Crippen LogP contribution < -0.4 is 27.8 Å². The van der Waals surface area contributed by atoms with E-state index in [0.29, 0.717) is 38.8 Å². The van der Waals surface area contributed by atoms with Gasteiger partial charge in [0.15, 0.2) is 0 Å². The number of aliphatic carboxylic acids is 1. The number of amides is 4. The molecule has 0 aromatic carbocycles. The van der Waals surface area contributed by atoms with Gasteiger partial charge in [-0.25, -0.2) is 4.79 Å². The third-order valence-corrected chi connectivity index (χ3v) is 5.23. The Hall–Kier alpha value is -2.77. The third kappa shape index (κ3) is 8.40. The smallest absolute Gasteiger partial charge is 0.328 e. The van der Waals surface area contributed by atoms with E-state index in [9.17, 15) is 24.0 Å². The van der Waals surface area contributed by atoms with Crippen LogP contribution in [0.2, 0.25) is 0 Å². The maximum atomic E-state index is 12.9. The van der Waals surface area contributed by atoms with Gasteiger partial charge in [-0.2, -0.15) is 0 Å². The second-order valence-electron chi connectivity index (χ2n) is 7.73. The molecule has 1 saturated heterocycles. The van der Waals surface area contributed by atoms with Crippen molar-refractivity contribution in [3.8, 4) is 0 Å². The molecule has 4 atom stereocenters. The number of primary amides is 1. The number of nitrogens with zero attached hydrogens (tertiary/aromatic N) is 1. The second-order valence-corrected chi connectivity index (χ2v) is 7.73. The fourth-order valence-electron chi connectivity index (χ4n) is 3.43. The molecule has 1 aliphatic rings. The summed E-state index contributed by atoms with van der Waals surface area (Å²) in [7, 11) is 0. The van der Waals surface area contributed by atoms with Crippen LogP contribution in [0, 0.1) is 0 Å². The zero-order valence-electron chi connectivity index (χ0n) is 18.0. The van der Waals surface area contributed by atoms with Crippen LogP contribution in [0.1, 0.15) is 44.9 Å². The Morgan fingerprint density at radius 3 is 2.31 bits per heavy atom. The molecule has 0 bridgehead atoms. The van der Waals surface area contributed by atoms with Crippen LogP contribution in [0.5, 0.6) is 0 Å². The Labute approximate surface area is 186 Å². The number of carbonyl (C=O) groups excluding carboxylic acids is 4. The maximum Gasteiger partial charge on any atom is 0.328 e. The molecule has 0 aromatic rings. The number of unbranched alkanes of at least 4 members (excludes halogenated alkanes) is 1. The van der Waals surface area contributed by atoms with E-state index in [2.05, 4.69) is 10.6 Å². The summed E-state index contributed by atoms with van der Waals surface area (Å²) in [5.41, 5.74) is 16.5. The summed E-state index contributed by atoms with van der Waals surface area (Å²) in [4.78, 5) is 61.6. The topological polar surface area (TPSA) is 231 Å². The highest BCUT2D eigenvalue weighted by molar-refractivity contribution is 5.94. The van der Waals surface area contributed by atoms with Crippen molar-refractivity contribution in [2.24, 2.45) is 17.2 Å². The molecule has 32 heavy (non-hydrogen) atoms. The summed E-state index contributed by atoms with van der Waals surface area (Å²) in [5, 5.41) is 22.7. The largest absolute Gasteiger partial charge is 0.480 e. The summed E-state index contributed by atoms with van der Waals surface area (Å²) in [6, 6.07) is -4.48. The van der Waals surface area contributed by atoms with Gasteiger partial charge < -0.3 is 42.9 Å². The number of carboxylic acids is 1. The highest BCUT2D eigenvalue weighted by Crippen LogP contribution is 2.20. The molecule has 4 unspecified atom stereocenters. The van der Waals surface area contributed by atoms with Gasteiger partial charge >= 0.3 is 5.97 Å². The average Bonchev–Trinajstić information content (AvgIpc) is 3.23. The number of nitrogens with one attached hydrogen (secondary N) is 2. The Morgan fingerprint density at radius 1 is 1.06 bits per heavy atom. The van der Waals surface area contributed by atoms with Gasteiger partial charge in [0.2, 0.25) is 23.6 Å². The van der Waals surface area contributed by atoms with E-state index in [1.807, 2.05) is 0 Å². The molecule has 1 fully saturated rings. The van der Waals surface area contributed by atoms with Gasteiger partial charge in [-0.05, 0) is 38.6 Å². The second kappa shape index (κ2) is 13.6. The van der Waals surface area contributed by atoms with Gasteiger partial charge in [0, 0.05) is 13.0 Å². The van der Waals surface area contributed by atoms with E-state index < -0.39 is 54.5 Å². The van der Waals surface area contributed by atoms with Crippen LogP contribution in [0.15, 0.2) is 0 Å². The first-order chi connectivity index (χ1) is 15.1. The Morgan fingerprint density at radius 2 is 1.75 bits per heavy atom. The lowest BCUT2D eigenvalue weighted by Gasteiger charge is -2.28. The predicted molar refractivity (Wildman–Crippen MR) is 113 cm³/mol. The zero-order chi connectivity index (χ0) is 24.3. The molecular weight excluding hydrogens is 424 g/mol. The number of hydrogen-bond donors (Lipinski definition) is 7. The quantitative estimate of drug-likeness (QED) is 0.129. The molecule has 0 aliphatic carbocycles. The first-order valence-corrected chi connectivity index (χ1v) is 10.6. The van der Waals surface area contributed by atoms with E-state index in [4.69, 9.17) is 27.4 Å². The van der Waals surface area contributed by atoms with Crippen molar-refractivity contribution in [1.82, 2.24) is 15.5 Å². The summed E-state index contributed by atoms with van der Waals surface area (Å²) in [6.45, 7) is -0.0286. The first-order valence-electron chi connectivity index (χ1n) is 10.6. The van der Waals surface area contributed by atoms with E-state index in [0.717, 1.165) is 6.42 Å². The van der Waals surface area contributed by atoms with E-state index >= 15 is 0 Å². The minimum Gasteiger partial charge on any atom is -0.480 e. The van der Waals surface area contributed by atoms with Gasteiger partial charge in [0.05, 0.1) is 12.6 Å². The van der Waals surface area contributed by atoms with Gasteiger partial charge in [0.25, 0.3) is 0 Å². The minimum absolute atomic E-state index is 0.177. The fourth-order valence-corrected chi connectivity index (χ4v) is 3.43.